The molecule has 1 aliphatic carbocycles. The van der Waals surface area contributed by atoms with Crippen molar-refractivity contribution in [1.29, 1.82) is 0 Å². The van der Waals surface area contributed by atoms with Crippen LogP contribution in [0.25, 0.3) is 0 Å². The van der Waals surface area contributed by atoms with Crippen LogP contribution in [0.4, 0.5) is 0 Å². The van der Waals surface area contributed by atoms with Gasteiger partial charge in [-0.1, -0.05) is 50.6 Å². The van der Waals surface area contributed by atoms with Crippen molar-refractivity contribution in [3.63, 3.8) is 0 Å². The van der Waals surface area contributed by atoms with E-state index in [1.54, 1.807) is 0 Å². The van der Waals surface area contributed by atoms with Gasteiger partial charge in [-0.2, -0.15) is 0 Å². The van der Waals surface area contributed by atoms with Gasteiger partial charge in [0.1, 0.15) is 0 Å². The van der Waals surface area contributed by atoms with E-state index in [-0.39, 0.29) is 0 Å². The molecule has 1 aliphatic rings. The topological polar surface area (TPSA) is 12.0 Å². The predicted molar refractivity (Wildman–Crippen MR) is 88.0 cm³/mol. The molecule has 0 bridgehead atoms. The lowest BCUT2D eigenvalue weighted by Crippen LogP contribution is -2.36. The maximum absolute atomic E-state index is 3.87. The van der Waals surface area contributed by atoms with Crippen LogP contribution in [0.3, 0.4) is 0 Å². The fourth-order valence-electron chi connectivity index (χ4n) is 3.34. The quantitative estimate of drug-likeness (QED) is 0.748. The predicted octanol–water partition coefficient (Wildman–Crippen LogP) is 4.96. The fraction of sp³-hybridized carbons (Fsp3) is 0.684. The van der Waals surface area contributed by atoms with Crippen LogP contribution in [0.15, 0.2) is 30.3 Å². The van der Waals surface area contributed by atoms with Crippen LogP contribution >= 0.6 is 0 Å². The van der Waals surface area contributed by atoms with Gasteiger partial charge in [0, 0.05) is 12.1 Å². The Labute approximate surface area is 125 Å². The Hall–Kier alpha value is -0.820. The first-order valence-electron chi connectivity index (χ1n) is 8.35. The van der Waals surface area contributed by atoms with Crippen LogP contribution in [-0.2, 0) is 6.42 Å². The van der Waals surface area contributed by atoms with E-state index in [1.165, 1.54) is 50.5 Å². The Balaban J connectivity index is 1.73. The second-order valence-corrected chi connectivity index (χ2v) is 7.38. The van der Waals surface area contributed by atoms with E-state index in [2.05, 4.69) is 56.4 Å². The Kier molecular flexibility index (Phi) is 5.65. The molecule has 0 radical (unpaired) electrons. The monoisotopic (exact) mass is 273 g/mol. The molecule has 20 heavy (non-hydrogen) atoms. The van der Waals surface area contributed by atoms with E-state index >= 15 is 0 Å². The summed E-state index contributed by atoms with van der Waals surface area (Å²) in [5, 5.41) is 3.87. The lowest BCUT2D eigenvalue weighted by molar-refractivity contribution is 0.306. The van der Waals surface area contributed by atoms with Crippen molar-refractivity contribution in [2.45, 2.75) is 77.8 Å². The third-order valence-corrected chi connectivity index (χ3v) is 4.80. The molecule has 1 fully saturated rings. The van der Waals surface area contributed by atoms with E-state index < -0.39 is 0 Å². The highest BCUT2D eigenvalue weighted by Crippen LogP contribution is 2.33. The molecular formula is C19H31N. The molecule has 0 aromatic heterocycles. The van der Waals surface area contributed by atoms with Gasteiger partial charge in [0.25, 0.3) is 0 Å². The number of rotatable bonds is 5. The summed E-state index contributed by atoms with van der Waals surface area (Å²) < 4.78 is 0. The molecule has 0 amide bonds. The average molecular weight is 273 g/mol. The van der Waals surface area contributed by atoms with Crippen molar-refractivity contribution >= 4 is 0 Å². The highest BCUT2D eigenvalue weighted by molar-refractivity contribution is 5.14. The van der Waals surface area contributed by atoms with Crippen LogP contribution in [0, 0.1) is 5.41 Å². The standard InChI is InChI=1S/C19H31N/c1-16(11-12-17-8-5-4-6-9-17)20-18-10-7-14-19(2,3)15-13-18/h4-6,8-9,16,18,20H,7,10-15H2,1-3H3. The Morgan fingerprint density at radius 2 is 1.90 bits per heavy atom. The van der Waals surface area contributed by atoms with Crippen LogP contribution < -0.4 is 5.32 Å². The van der Waals surface area contributed by atoms with E-state index in [9.17, 15) is 0 Å². The molecule has 1 aromatic rings. The van der Waals surface area contributed by atoms with E-state index in [0.717, 1.165) is 6.04 Å². The van der Waals surface area contributed by atoms with Crippen molar-refractivity contribution < 1.29 is 0 Å². The lowest BCUT2D eigenvalue weighted by atomic mass is 9.85. The zero-order valence-corrected chi connectivity index (χ0v) is 13.5. The zero-order chi connectivity index (χ0) is 14.4. The van der Waals surface area contributed by atoms with Crippen LogP contribution in [0.2, 0.25) is 0 Å². The normalized spacial score (nSPS) is 24.1. The minimum Gasteiger partial charge on any atom is -0.311 e. The van der Waals surface area contributed by atoms with Gasteiger partial charge in [0.15, 0.2) is 0 Å². The summed E-state index contributed by atoms with van der Waals surface area (Å²) in [6.07, 6.45) is 9.29. The summed E-state index contributed by atoms with van der Waals surface area (Å²) in [6, 6.07) is 12.2. The van der Waals surface area contributed by atoms with Crippen LogP contribution in [0.5, 0.6) is 0 Å². The summed E-state index contributed by atoms with van der Waals surface area (Å²) >= 11 is 0. The Bertz CT molecular complexity index is 382. The lowest BCUT2D eigenvalue weighted by Gasteiger charge is -2.24. The average Bonchev–Trinajstić information content (AvgIpc) is 2.59. The molecular weight excluding hydrogens is 242 g/mol. The summed E-state index contributed by atoms with van der Waals surface area (Å²) in [5.74, 6) is 0. The van der Waals surface area contributed by atoms with E-state index in [0.29, 0.717) is 11.5 Å². The molecule has 0 saturated heterocycles. The molecule has 112 valence electrons. The summed E-state index contributed by atoms with van der Waals surface area (Å²) in [6.45, 7) is 7.20. The number of hydrogen-bond donors (Lipinski definition) is 1. The maximum Gasteiger partial charge on any atom is 0.00697 e. The Morgan fingerprint density at radius 1 is 1.15 bits per heavy atom. The van der Waals surface area contributed by atoms with Gasteiger partial charge in [-0.05, 0) is 56.4 Å². The summed E-state index contributed by atoms with van der Waals surface area (Å²) in [4.78, 5) is 0. The smallest absolute Gasteiger partial charge is 0.00697 e. The molecule has 1 saturated carbocycles. The second-order valence-electron chi connectivity index (χ2n) is 7.38. The number of benzene rings is 1. The van der Waals surface area contributed by atoms with E-state index in [4.69, 9.17) is 0 Å². The van der Waals surface area contributed by atoms with E-state index in [1.807, 2.05) is 0 Å². The fourth-order valence-corrected chi connectivity index (χ4v) is 3.34. The number of nitrogens with one attached hydrogen (secondary N) is 1. The van der Waals surface area contributed by atoms with Gasteiger partial charge in [-0.3, -0.25) is 0 Å². The van der Waals surface area contributed by atoms with Crippen LogP contribution in [0.1, 0.15) is 64.9 Å². The Morgan fingerprint density at radius 3 is 2.65 bits per heavy atom. The van der Waals surface area contributed by atoms with Gasteiger partial charge in [0.2, 0.25) is 0 Å². The van der Waals surface area contributed by atoms with Crippen LogP contribution in [-0.4, -0.2) is 12.1 Å². The molecule has 2 unspecified atom stereocenters. The molecule has 1 N–H and O–H groups in total. The molecule has 0 spiro atoms. The van der Waals surface area contributed by atoms with Crippen molar-refractivity contribution in [1.82, 2.24) is 5.32 Å². The largest absolute Gasteiger partial charge is 0.311 e. The number of hydrogen-bond acceptors (Lipinski definition) is 1. The van der Waals surface area contributed by atoms with Gasteiger partial charge in [-0.15, -0.1) is 0 Å². The summed E-state index contributed by atoms with van der Waals surface area (Å²) in [5.41, 5.74) is 2.02. The molecule has 2 rings (SSSR count). The van der Waals surface area contributed by atoms with Gasteiger partial charge >= 0.3 is 0 Å². The van der Waals surface area contributed by atoms with Gasteiger partial charge in [0.05, 0.1) is 0 Å². The molecule has 1 nitrogen and oxygen atoms in total. The molecule has 0 heterocycles. The minimum absolute atomic E-state index is 0.559. The first kappa shape index (κ1) is 15.6. The molecule has 2 atom stereocenters. The molecule has 1 aromatic carbocycles. The minimum atomic E-state index is 0.559. The van der Waals surface area contributed by atoms with Crippen molar-refractivity contribution in [2.24, 2.45) is 5.41 Å². The highest BCUT2D eigenvalue weighted by atomic mass is 14.9. The molecule has 0 aliphatic heterocycles. The maximum atomic E-state index is 3.87. The van der Waals surface area contributed by atoms with Crippen molar-refractivity contribution in [3.05, 3.63) is 35.9 Å². The van der Waals surface area contributed by atoms with Gasteiger partial charge < -0.3 is 5.32 Å². The van der Waals surface area contributed by atoms with Crippen molar-refractivity contribution in [2.75, 3.05) is 0 Å². The first-order valence-corrected chi connectivity index (χ1v) is 8.35. The highest BCUT2D eigenvalue weighted by Gasteiger charge is 2.24. The third-order valence-electron chi connectivity index (χ3n) is 4.80. The first-order chi connectivity index (χ1) is 9.55. The van der Waals surface area contributed by atoms with Gasteiger partial charge in [-0.25, -0.2) is 0 Å². The second kappa shape index (κ2) is 7.26. The number of aryl methyl sites for hydroxylation is 1. The molecule has 1 heteroatoms. The zero-order valence-electron chi connectivity index (χ0n) is 13.5. The SMILES string of the molecule is CC(CCc1ccccc1)NC1CCCC(C)(C)CC1. The third kappa shape index (κ3) is 5.28. The van der Waals surface area contributed by atoms with Crippen molar-refractivity contribution in [3.8, 4) is 0 Å². The summed E-state index contributed by atoms with van der Waals surface area (Å²) in [7, 11) is 0.